The number of ether oxygens (including phenoxy) is 1. The number of thioether (sulfide) groups is 1. The number of benzene rings is 1. The summed E-state index contributed by atoms with van der Waals surface area (Å²) in [5.74, 6) is 2.00. The van der Waals surface area contributed by atoms with E-state index in [-0.39, 0.29) is 5.91 Å². The van der Waals surface area contributed by atoms with Crippen LogP contribution < -0.4 is 5.32 Å². The zero-order chi connectivity index (χ0) is 14.8. The standard InChI is InChI=1S/C16H24N2O2S/c19-16(17-7-8-18-9-11-20-12-10-18)6-13-21-14-15-4-2-1-3-5-15/h1-5H,6-14H2,(H,17,19). The average Bonchev–Trinajstić information content (AvgIpc) is 2.54. The van der Waals surface area contributed by atoms with Crippen LogP contribution in [-0.2, 0) is 15.3 Å². The smallest absolute Gasteiger partial charge is 0.220 e. The van der Waals surface area contributed by atoms with E-state index >= 15 is 0 Å². The lowest BCUT2D eigenvalue weighted by molar-refractivity contribution is -0.120. The van der Waals surface area contributed by atoms with Gasteiger partial charge in [-0.2, -0.15) is 11.8 Å². The van der Waals surface area contributed by atoms with Crippen LogP contribution in [0.1, 0.15) is 12.0 Å². The van der Waals surface area contributed by atoms with Gasteiger partial charge in [0.25, 0.3) is 0 Å². The van der Waals surface area contributed by atoms with Crippen LogP contribution in [0.15, 0.2) is 30.3 Å². The van der Waals surface area contributed by atoms with Gasteiger partial charge in [-0.1, -0.05) is 30.3 Å². The molecule has 0 bridgehead atoms. The third kappa shape index (κ3) is 6.98. The zero-order valence-corrected chi connectivity index (χ0v) is 13.2. The molecule has 4 nitrogen and oxygen atoms in total. The Morgan fingerprint density at radius 1 is 1.24 bits per heavy atom. The van der Waals surface area contributed by atoms with Crippen LogP contribution in [0.5, 0.6) is 0 Å². The second-order valence-corrected chi connectivity index (χ2v) is 6.20. The third-order valence-electron chi connectivity index (χ3n) is 3.44. The molecule has 1 aromatic carbocycles. The van der Waals surface area contributed by atoms with Gasteiger partial charge in [-0.3, -0.25) is 9.69 Å². The molecule has 21 heavy (non-hydrogen) atoms. The number of nitrogens with one attached hydrogen (secondary N) is 1. The van der Waals surface area contributed by atoms with Gasteiger partial charge >= 0.3 is 0 Å². The van der Waals surface area contributed by atoms with Crippen LogP contribution in [0.2, 0.25) is 0 Å². The first-order valence-corrected chi connectivity index (χ1v) is 8.68. The molecule has 1 N–H and O–H groups in total. The molecule has 1 aliphatic heterocycles. The minimum Gasteiger partial charge on any atom is -0.379 e. The summed E-state index contributed by atoms with van der Waals surface area (Å²) in [6.07, 6.45) is 0.598. The number of rotatable bonds is 8. The van der Waals surface area contributed by atoms with E-state index in [4.69, 9.17) is 4.74 Å². The molecule has 1 saturated heterocycles. The summed E-state index contributed by atoms with van der Waals surface area (Å²) in [5, 5.41) is 2.99. The SMILES string of the molecule is O=C(CCSCc1ccccc1)NCCN1CCOCC1. The summed E-state index contributed by atoms with van der Waals surface area (Å²) in [7, 11) is 0. The summed E-state index contributed by atoms with van der Waals surface area (Å²) in [6, 6.07) is 10.4. The molecular formula is C16H24N2O2S. The van der Waals surface area contributed by atoms with Crippen molar-refractivity contribution in [3.63, 3.8) is 0 Å². The number of amides is 1. The maximum Gasteiger partial charge on any atom is 0.220 e. The largest absolute Gasteiger partial charge is 0.379 e. The highest BCUT2D eigenvalue weighted by Gasteiger charge is 2.09. The second-order valence-electron chi connectivity index (χ2n) is 5.09. The first-order valence-electron chi connectivity index (χ1n) is 7.53. The maximum absolute atomic E-state index is 11.7. The Morgan fingerprint density at radius 3 is 2.76 bits per heavy atom. The third-order valence-corrected chi connectivity index (χ3v) is 4.47. The van der Waals surface area contributed by atoms with Crippen molar-refractivity contribution in [3.05, 3.63) is 35.9 Å². The van der Waals surface area contributed by atoms with E-state index in [2.05, 4.69) is 22.3 Å². The lowest BCUT2D eigenvalue weighted by atomic mass is 10.2. The highest BCUT2D eigenvalue weighted by molar-refractivity contribution is 7.98. The van der Waals surface area contributed by atoms with E-state index in [0.717, 1.165) is 50.9 Å². The predicted octanol–water partition coefficient (Wildman–Crippen LogP) is 1.76. The molecule has 0 spiro atoms. The lowest BCUT2D eigenvalue weighted by Gasteiger charge is -2.26. The second kappa shape index (κ2) is 9.82. The van der Waals surface area contributed by atoms with Gasteiger partial charge in [0.05, 0.1) is 13.2 Å². The molecule has 1 aliphatic rings. The van der Waals surface area contributed by atoms with E-state index < -0.39 is 0 Å². The van der Waals surface area contributed by atoms with Crippen LogP contribution >= 0.6 is 11.8 Å². The number of carbonyl (C=O) groups is 1. The minimum atomic E-state index is 0.156. The van der Waals surface area contributed by atoms with Crippen molar-refractivity contribution in [2.75, 3.05) is 45.1 Å². The fraction of sp³-hybridized carbons (Fsp3) is 0.562. The van der Waals surface area contributed by atoms with E-state index in [1.54, 1.807) is 0 Å². The van der Waals surface area contributed by atoms with Gasteiger partial charge in [0, 0.05) is 44.1 Å². The monoisotopic (exact) mass is 308 g/mol. The van der Waals surface area contributed by atoms with Crippen LogP contribution in [0, 0.1) is 0 Å². The van der Waals surface area contributed by atoms with Crippen molar-refractivity contribution in [3.8, 4) is 0 Å². The molecule has 116 valence electrons. The molecule has 0 aromatic heterocycles. The molecule has 0 atom stereocenters. The average molecular weight is 308 g/mol. The molecule has 1 fully saturated rings. The van der Waals surface area contributed by atoms with Gasteiger partial charge in [0.15, 0.2) is 0 Å². The summed E-state index contributed by atoms with van der Waals surface area (Å²) < 4.78 is 5.30. The Balaban J connectivity index is 1.47. The Morgan fingerprint density at radius 2 is 2.00 bits per heavy atom. The van der Waals surface area contributed by atoms with Crippen LogP contribution in [0.3, 0.4) is 0 Å². The van der Waals surface area contributed by atoms with Gasteiger partial charge in [-0.25, -0.2) is 0 Å². The molecular weight excluding hydrogens is 284 g/mol. The van der Waals surface area contributed by atoms with E-state index in [9.17, 15) is 4.79 Å². The fourth-order valence-corrected chi connectivity index (χ4v) is 3.10. The Labute approximate surface area is 131 Å². The predicted molar refractivity (Wildman–Crippen MR) is 87.5 cm³/mol. The van der Waals surface area contributed by atoms with Crippen LogP contribution in [0.25, 0.3) is 0 Å². The Hall–Kier alpha value is -1.04. The van der Waals surface area contributed by atoms with Gasteiger partial charge in [-0.15, -0.1) is 0 Å². The van der Waals surface area contributed by atoms with Gasteiger partial charge in [0.2, 0.25) is 5.91 Å². The van der Waals surface area contributed by atoms with E-state index in [1.807, 2.05) is 30.0 Å². The summed E-state index contributed by atoms with van der Waals surface area (Å²) in [4.78, 5) is 14.1. The van der Waals surface area contributed by atoms with Gasteiger partial charge in [0.1, 0.15) is 0 Å². The Bertz CT molecular complexity index is 408. The van der Waals surface area contributed by atoms with Crippen molar-refractivity contribution >= 4 is 17.7 Å². The van der Waals surface area contributed by atoms with Crippen molar-refractivity contribution in [2.24, 2.45) is 0 Å². The summed E-state index contributed by atoms with van der Waals surface area (Å²) in [5.41, 5.74) is 1.32. The molecule has 2 rings (SSSR count). The molecule has 0 saturated carbocycles. The number of carbonyl (C=O) groups excluding carboxylic acids is 1. The van der Waals surface area contributed by atoms with Crippen molar-refractivity contribution in [2.45, 2.75) is 12.2 Å². The molecule has 5 heteroatoms. The highest BCUT2D eigenvalue weighted by atomic mass is 32.2. The van der Waals surface area contributed by atoms with E-state index in [0.29, 0.717) is 6.42 Å². The minimum absolute atomic E-state index is 0.156. The molecule has 0 aliphatic carbocycles. The zero-order valence-electron chi connectivity index (χ0n) is 12.4. The van der Waals surface area contributed by atoms with Crippen LogP contribution in [0.4, 0.5) is 0 Å². The highest BCUT2D eigenvalue weighted by Crippen LogP contribution is 2.12. The topological polar surface area (TPSA) is 41.6 Å². The first-order chi connectivity index (χ1) is 10.3. The maximum atomic E-state index is 11.7. The molecule has 0 unspecified atom stereocenters. The number of nitrogens with zero attached hydrogens (tertiary/aromatic N) is 1. The number of hydrogen-bond donors (Lipinski definition) is 1. The molecule has 1 aromatic rings. The van der Waals surface area contributed by atoms with Crippen molar-refractivity contribution in [1.29, 1.82) is 0 Å². The number of hydrogen-bond acceptors (Lipinski definition) is 4. The fourth-order valence-electron chi connectivity index (χ4n) is 2.20. The van der Waals surface area contributed by atoms with Crippen LogP contribution in [-0.4, -0.2) is 56.0 Å². The van der Waals surface area contributed by atoms with E-state index in [1.165, 1.54) is 5.56 Å². The van der Waals surface area contributed by atoms with Crippen molar-refractivity contribution in [1.82, 2.24) is 10.2 Å². The molecule has 1 heterocycles. The lowest BCUT2D eigenvalue weighted by Crippen LogP contribution is -2.41. The number of morpholine rings is 1. The summed E-state index contributed by atoms with van der Waals surface area (Å²) >= 11 is 1.81. The van der Waals surface area contributed by atoms with Crippen molar-refractivity contribution < 1.29 is 9.53 Å². The first kappa shape index (κ1) is 16.3. The van der Waals surface area contributed by atoms with Gasteiger partial charge < -0.3 is 10.1 Å². The van der Waals surface area contributed by atoms with Gasteiger partial charge in [-0.05, 0) is 5.56 Å². The summed E-state index contributed by atoms with van der Waals surface area (Å²) in [6.45, 7) is 5.23. The normalized spacial score (nSPS) is 15.8. The Kier molecular flexibility index (Phi) is 7.63. The molecule has 1 amide bonds. The quantitative estimate of drug-likeness (QED) is 0.743. The molecule has 0 radical (unpaired) electrons.